The molecule has 3 fully saturated rings. The summed E-state index contributed by atoms with van der Waals surface area (Å²) in [6.45, 7) is 5.75. The lowest BCUT2D eigenvalue weighted by molar-refractivity contribution is 0.0400. The smallest absolute Gasteiger partial charge is 0.0480 e. The zero-order valence-corrected chi connectivity index (χ0v) is 11.1. The molecule has 0 aromatic heterocycles. The van der Waals surface area contributed by atoms with Gasteiger partial charge in [0.05, 0.1) is 0 Å². The van der Waals surface area contributed by atoms with Gasteiger partial charge in [-0.2, -0.15) is 0 Å². The Hall–Kier alpha value is -0.120. The highest BCUT2D eigenvalue weighted by atomic mass is 16.5. The van der Waals surface area contributed by atoms with Crippen molar-refractivity contribution in [3.8, 4) is 0 Å². The van der Waals surface area contributed by atoms with E-state index in [4.69, 9.17) is 4.74 Å². The maximum absolute atomic E-state index is 5.45. The van der Waals surface area contributed by atoms with Crippen LogP contribution in [-0.4, -0.2) is 50.8 Å². The molecule has 0 aromatic rings. The van der Waals surface area contributed by atoms with Gasteiger partial charge in [0.2, 0.25) is 0 Å². The number of rotatable bonds is 3. The summed E-state index contributed by atoms with van der Waals surface area (Å²) in [5.74, 6) is 0.984. The first-order chi connectivity index (χ1) is 8.30. The van der Waals surface area contributed by atoms with Crippen molar-refractivity contribution in [3.63, 3.8) is 0 Å². The zero-order chi connectivity index (χ0) is 11.7. The Morgan fingerprint density at radius 2 is 1.94 bits per heavy atom. The molecule has 17 heavy (non-hydrogen) atoms. The molecule has 1 unspecified atom stereocenters. The molecule has 0 amide bonds. The van der Waals surface area contributed by atoms with Gasteiger partial charge in [0.25, 0.3) is 0 Å². The van der Waals surface area contributed by atoms with E-state index in [2.05, 4.69) is 17.3 Å². The molecule has 1 spiro atoms. The average molecular weight is 238 g/mol. The highest BCUT2D eigenvalue weighted by molar-refractivity contribution is 5.05. The first-order valence-corrected chi connectivity index (χ1v) is 7.29. The van der Waals surface area contributed by atoms with Crippen molar-refractivity contribution in [2.45, 2.75) is 38.1 Å². The molecule has 1 aliphatic carbocycles. The van der Waals surface area contributed by atoms with Crippen LogP contribution in [0.4, 0.5) is 0 Å². The summed E-state index contributed by atoms with van der Waals surface area (Å²) in [5, 5.41) is 3.49. The van der Waals surface area contributed by atoms with Crippen molar-refractivity contribution in [3.05, 3.63) is 0 Å². The number of hydrogen-bond acceptors (Lipinski definition) is 3. The molecule has 1 N–H and O–H groups in total. The second-order valence-corrected chi connectivity index (χ2v) is 6.30. The van der Waals surface area contributed by atoms with Crippen molar-refractivity contribution in [2.75, 3.05) is 39.9 Å². The van der Waals surface area contributed by atoms with Gasteiger partial charge < -0.3 is 15.0 Å². The molecule has 0 bridgehead atoms. The monoisotopic (exact) mass is 238 g/mol. The molecule has 0 radical (unpaired) electrons. The van der Waals surface area contributed by atoms with E-state index in [9.17, 15) is 0 Å². The van der Waals surface area contributed by atoms with Gasteiger partial charge in [-0.25, -0.2) is 0 Å². The van der Waals surface area contributed by atoms with E-state index in [1.165, 1.54) is 51.7 Å². The first kappa shape index (κ1) is 11.9. The van der Waals surface area contributed by atoms with E-state index >= 15 is 0 Å². The van der Waals surface area contributed by atoms with Crippen LogP contribution in [0, 0.1) is 11.3 Å². The molecule has 3 heteroatoms. The maximum Gasteiger partial charge on any atom is 0.0480 e. The van der Waals surface area contributed by atoms with Gasteiger partial charge in [0, 0.05) is 25.8 Å². The van der Waals surface area contributed by atoms with E-state index in [1.54, 1.807) is 0 Å². The molecule has 2 aliphatic heterocycles. The molecule has 1 atom stereocenters. The van der Waals surface area contributed by atoms with Gasteiger partial charge in [0.15, 0.2) is 0 Å². The number of ether oxygens (including phenoxy) is 1. The topological polar surface area (TPSA) is 24.5 Å². The fourth-order valence-corrected chi connectivity index (χ4v) is 3.85. The zero-order valence-electron chi connectivity index (χ0n) is 11.1. The van der Waals surface area contributed by atoms with Gasteiger partial charge in [0.1, 0.15) is 0 Å². The van der Waals surface area contributed by atoms with Crippen LogP contribution in [0.5, 0.6) is 0 Å². The second kappa shape index (κ2) is 4.87. The molecule has 98 valence electrons. The van der Waals surface area contributed by atoms with E-state index in [0.29, 0.717) is 0 Å². The Balaban J connectivity index is 1.47. The summed E-state index contributed by atoms with van der Waals surface area (Å²) in [6, 6.07) is 0.781. The van der Waals surface area contributed by atoms with Crippen LogP contribution in [0.2, 0.25) is 0 Å². The summed E-state index contributed by atoms with van der Waals surface area (Å²) in [7, 11) is 2.32. The molecule has 0 aromatic carbocycles. The normalized spacial score (nSPS) is 33.2. The third-order valence-corrected chi connectivity index (χ3v) is 5.28. The Labute approximate surface area is 105 Å². The molecule has 3 rings (SSSR count). The molecular formula is C14H26N2O. The second-order valence-electron chi connectivity index (χ2n) is 6.30. The van der Waals surface area contributed by atoms with Crippen LogP contribution in [0.25, 0.3) is 0 Å². The lowest BCUT2D eigenvalue weighted by atomic mass is 9.91. The van der Waals surface area contributed by atoms with Gasteiger partial charge in [-0.15, -0.1) is 0 Å². The average Bonchev–Trinajstić information content (AvgIpc) is 3.03. The highest BCUT2D eigenvalue weighted by Gasteiger charge is 2.53. The van der Waals surface area contributed by atoms with E-state index in [0.717, 1.165) is 30.6 Å². The number of nitrogens with zero attached hydrogens (tertiary/aromatic N) is 1. The Kier molecular flexibility index (Phi) is 3.42. The standard InChI is InChI=1S/C14H26N2O/c1-16(13-2-8-17-9-3-13)11-12-10-14(12)4-6-15-7-5-14/h12-13,15H,2-11H2,1H3. The van der Waals surface area contributed by atoms with Gasteiger partial charge in [-0.1, -0.05) is 0 Å². The summed E-state index contributed by atoms with van der Waals surface area (Å²) in [5.41, 5.74) is 0.741. The van der Waals surface area contributed by atoms with Crippen LogP contribution in [0.3, 0.4) is 0 Å². The Bertz CT molecular complexity index is 257. The number of hydrogen-bond donors (Lipinski definition) is 1. The van der Waals surface area contributed by atoms with Crippen LogP contribution in [-0.2, 0) is 4.74 Å². The van der Waals surface area contributed by atoms with Gasteiger partial charge in [-0.05, 0) is 63.6 Å². The Morgan fingerprint density at radius 3 is 2.65 bits per heavy atom. The maximum atomic E-state index is 5.45. The molecule has 2 heterocycles. The molecule has 1 saturated carbocycles. The minimum atomic E-state index is 0.741. The van der Waals surface area contributed by atoms with Crippen LogP contribution < -0.4 is 5.32 Å². The van der Waals surface area contributed by atoms with Crippen molar-refractivity contribution in [1.29, 1.82) is 0 Å². The fourth-order valence-electron chi connectivity index (χ4n) is 3.85. The molecular weight excluding hydrogens is 212 g/mol. The van der Waals surface area contributed by atoms with E-state index in [1.807, 2.05) is 0 Å². The number of piperidine rings is 1. The third-order valence-electron chi connectivity index (χ3n) is 5.28. The Morgan fingerprint density at radius 1 is 1.24 bits per heavy atom. The van der Waals surface area contributed by atoms with Crippen LogP contribution in [0.15, 0.2) is 0 Å². The predicted molar refractivity (Wildman–Crippen MR) is 69.1 cm³/mol. The van der Waals surface area contributed by atoms with Crippen molar-refractivity contribution >= 4 is 0 Å². The number of nitrogens with one attached hydrogen (secondary N) is 1. The van der Waals surface area contributed by atoms with E-state index in [-0.39, 0.29) is 0 Å². The summed E-state index contributed by atoms with van der Waals surface area (Å²) < 4.78 is 5.45. The highest BCUT2D eigenvalue weighted by Crippen LogP contribution is 2.58. The third kappa shape index (κ3) is 2.51. The largest absolute Gasteiger partial charge is 0.381 e. The summed E-state index contributed by atoms with van der Waals surface area (Å²) in [4.78, 5) is 2.62. The predicted octanol–water partition coefficient (Wildman–Crippen LogP) is 1.49. The summed E-state index contributed by atoms with van der Waals surface area (Å²) in [6.07, 6.45) is 6.79. The minimum Gasteiger partial charge on any atom is -0.381 e. The SMILES string of the molecule is CN(CC1CC12CCNCC2)C1CCOCC1. The van der Waals surface area contributed by atoms with Crippen molar-refractivity contribution in [1.82, 2.24) is 10.2 Å². The lowest BCUT2D eigenvalue weighted by Crippen LogP contribution is -2.39. The van der Waals surface area contributed by atoms with Crippen LogP contribution >= 0.6 is 0 Å². The van der Waals surface area contributed by atoms with Gasteiger partial charge in [-0.3, -0.25) is 0 Å². The van der Waals surface area contributed by atoms with Crippen LogP contribution in [0.1, 0.15) is 32.1 Å². The van der Waals surface area contributed by atoms with Gasteiger partial charge >= 0.3 is 0 Å². The molecule has 3 nitrogen and oxygen atoms in total. The summed E-state index contributed by atoms with van der Waals surface area (Å²) >= 11 is 0. The van der Waals surface area contributed by atoms with Crippen molar-refractivity contribution < 1.29 is 4.74 Å². The first-order valence-electron chi connectivity index (χ1n) is 7.29. The fraction of sp³-hybridized carbons (Fsp3) is 1.00. The molecule has 3 aliphatic rings. The van der Waals surface area contributed by atoms with E-state index < -0.39 is 0 Å². The quantitative estimate of drug-likeness (QED) is 0.806. The lowest BCUT2D eigenvalue weighted by Gasteiger charge is -2.32. The molecule has 2 saturated heterocycles. The van der Waals surface area contributed by atoms with Crippen molar-refractivity contribution in [2.24, 2.45) is 11.3 Å². The minimum absolute atomic E-state index is 0.741.